The number of carbonyl (C=O) groups excluding carboxylic acids is 2. The van der Waals surface area contributed by atoms with Gasteiger partial charge >= 0.3 is 6.03 Å². The summed E-state index contributed by atoms with van der Waals surface area (Å²) >= 11 is 5.85. The Morgan fingerprint density at radius 2 is 1.91 bits per heavy atom. The molecule has 120 valence electrons. The van der Waals surface area contributed by atoms with Gasteiger partial charge in [-0.2, -0.15) is 0 Å². The van der Waals surface area contributed by atoms with Crippen LogP contribution in [-0.4, -0.2) is 42.5 Å². The maximum atomic E-state index is 11.7. The van der Waals surface area contributed by atoms with Crippen molar-refractivity contribution in [1.29, 1.82) is 0 Å². The first kappa shape index (κ1) is 16.6. The molecule has 6 heteroatoms. The highest BCUT2D eigenvalue weighted by Gasteiger charge is 2.22. The lowest BCUT2D eigenvalue weighted by Crippen LogP contribution is -2.42. The fourth-order valence-electron chi connectivity index (χ4n) is 2.11. The third-order valence-corrected chi connectivity index (χ3v) is 3.86. The summed E-state index contributed by atoms with van der Waals surface area (Å²) in [6.07, 6.45) is 2.90. The van der Waals surface area contributed by atoms with Gasteiger partial charge in [-0.3, -0.25) is 4.79 Å². The monoisotopic (exact) mass is 323 g/mol. The summed E-state index contributed by atoms with van der Waals surface area (Å²) in [7, 11) is 0. The zero-order valence-electron chi connectivity index (χ0n) is 12.8. The standard InChI is InChI=1S/C16H22ClN3O2/c1-12(21)20(10-8-13-2-4-14(17)5-3-13)11-9-18-16(22)19-15-6-7-15/h2-5,15H,6-11H2,1H3,(H2,18,19,22). The van der Waals surface area contributed by atoms with Gasteiger partial charge < -0.3 is 15.5 Å². The molecule has 1 aromatic carbocycles. The normalized spacial score (nSPS) is 13.5. The van der Waals surface area contributed by atoms with Crippen LogP contribution in [0.5, 0.6) is 0 Å². The molecule has 0 aromatic heterocycles. The minimum absolute atomic E-state index is 0.0124. The lowest BCUT2D eigenvalue weighted by atomic mass is 10.1. The number of benzene rings is 1. The number of urea groups is 1. The van der Waals surface area contributed by atoms with E-state index in [0.717, 1.165) is 24.8 Å². The van der Waals surface area contributed by atoms with Crippen molar-refractivity contribution >= 4 is 23.5 Å². The van der Waals surface area contributed by atoms with Crippen molar-refractivity contribution in [3.8, 4) is 0 Å². The highest BCUT2D eigenvalue weighted by molar-refractivity contribution is 6.30. The van der Waals surface area contributed by atoms with Crippen molar-refractivity contribution in [3.63, 3.8) is 0 Å². The molecular weight excluding hydrogens is 302 g/mol. The van der Waals surface area contributed by atoms with Crippen LogP contribution in [0, 0.1) is 0 Å². The van der Waals surface area contributed by atoms with E-state index < -0.39 is 0 Å². The van der Waals surface area contributed by atoms with Crippen LogP contribution < -0.4 is 10.6 Å². The first-order valence-corrected chi connectivity index (χ1v) is 7.96. The second kappa shape index (κ2) is 8.03. The van der Waals surface area contributed by atoms with E-state index in [2.05, 4.69) is 10.6 Å². The predicted molar refractivity (Wildman–Crippen MR) is 87.0 cm³/mol. The molecule has 1 aliphatic rings. The van der Waals surface area contributed by atoms with Gasteiger partial charge in [-0.05, 0) is 37.0 Å². The average Bonchev–Trinajstić information content (AvgIpc) is 3.28. The quantitative estimate of drug-likeness (QED) is 0.808. The minimum Gasteiger partial charge on any atom is -0.341 e. The average molecular weight is 324 g/mol. The van der Waals surface area contributed by atoms with Crippen molar-refractivity contribution in [3.05, 3.63) is 34.9 Å². The van der Waals surface area contributed by atoms with Crippen molar-refractivity contribution in [1.82, 2.24) is 15.5 Å². The molecule has 0 saturated heterocycles. The van der Waals surface area contributed by atoms with Crippen molar-refractivity contribution in [2.75, 3.05) is 19.6 Å². The highest BCUT2D eigenvalue weighted by Crippen LogP contribution is 2.18. The van der Waals surface area contributed by atoms with Crippen LogP contribution in [0.25, 0.3) is 0 Å². The molecule has 1 saturated carbocycles. The van der Waals surface area contributed by atoms with E-state index >= 15 is 0 Å². The summed E-state index contributed by atoms with van der Waals surface area (Å²) in [5, 5.41) is 6.34. The smallest absolute Gasteiger partial charge is 0.315 e. The van der Waals surface area contributed by atoms with E-state index in [1.54, 1.807) is 11.8 Å². The molecular formula is C16H22ClN3O2. The lowest BCUT2D eigenvalue weighted by molar-refractivity contribution is -0.128. The number of rotatable bonds is 7. The molecule has 0 heterocycles. The minimum atomic E-state index is -0.149. The van der Waals surface area contributed by atoms with E-state index in [1.165, 1.54) is 0 Å². The summed E-state index contributed by atoms with van der Waals surface area (Å²) in [6, 6.07) is 7.80. The molecule has 0 radical (unpaired) electrons. The van der Waals surface area contributed by atoms with Crippen LogP contribution in [0.2, 0.25) is 5.02 Å². The largest absolute Gasteiger partial charge is 0.341 e. The zero-order valence-corrected chi connectivity index (χ0v) is 13.5. The molecule has 1 aromatic rings. The lowest BCUT2D eigenvalue weighted by Gasteiger charge is -2.21. The molecule has 3 amide bonds. The second-order valence-electron chi connectivity index (χ2n) is 5.56. The Bertz CT molecular complexity index is 515. The molecule has 0 unspecified atom stereocenters. The Balaban J connectivity index is 1.70. The van der Waals surface area contributed by atoms with Gasteiger partial charge in [-0.15, -0.1) is 0 Å². The number of hydrogen-bond acceptors (Lipinski definition) is 2. The molecule has 22 heavy (non-hydrogen) atoms. The van der Waals surface area contributed by atoms with Crippen molar-refractivity contribution in [2.24, 2.45) is 0 Å². The Morgan fingerprint density at radius 3 is 2.50 bits per heavy atom. The fraction of sp³-hybridized carbons (Fsp3) is 0.500. The van der Waals surface area contributed by atoms with Crippen LogP contribution in [-0.2, 0) is 11.2 Å². The van der Waals surface area contributed by atoms with Gasteiger partial charge in [0.15, 0.2) is 0 Å². The molecule has 1 fully saturated rings. The number of amides is 3. The van der Waals surface area contributed by atoms with Crippen LogP contribution in [0.15, 0.2) is 24.3 Å². The van der Waals surface area contributed by atoms with Crippen LogP contribution >= 0.6 is 11.6 Å². The van der Waals surface area contributed by atoms with Gasteiger partial charge in [0.05, 0.1) is 0 Å². The van der Waals surface area contributed by atoms with E-state index in [0.29, 0.717) is 30.7 Å². The number of hydrogen-bond donors (Lipinski definition) is 2. The predicted octanol–water partition coefficient (Wildman–Crippen LogP) is 2.19. The molecule has 2 rings (SSSR count). The van der Waals surface area contributed by atoms with Gasteiger partial charge in [0, 0.05) is 37.6 Å². The maximum absolute atomic E-state index is 11.7. The molecule has 2 N–H and O–H groups in total. The number of halogens is 1. The molecule has 5 nitrogen and oxygen atoms in total. The third kappa shape index (κ3) is 5.93. The van der Waals surface area contributed by atoms with Crippen molar-refractivity contribution < 1.29 is 9.59 Å². The number of nitrogens with zero attached hydrogens (tertiary/aromatic N) is 1. The Morgan fingerprint density at radius 1 is 1.23 bits per heavy atom. The van der Waals surface area contributed by atoms with Gasteiger partial charge in [-0.25, -0.2) is 4.79 Å². The van der Waals surface area contributed by atoms with Crippen LogP contribution in [0.4, 0.5) is 4.79 Å². The first-order chi connectivity index (χ1) is 10.5. The van der Waals surface area contributed by atoms with E-state index in [1.807, 2.05) is 24.3 Å². The van der Waals surface area contributed by atoms with Crippen molar-refractivity contribution in [2.45, 2.75) is 32.2 Å². The van der Waals surface area contributed by atoms with Gasteiger partial charge in [0.25, 0.3) is 0 Å². The Hall–Kier alpha value is -1.75. The molecule has 1 aliphatic carbocycles. The molecule has 0 atom stereocenters. The second-order valence-corrected chi connectivity index (χ2v) is 5.99. The zero-order chi connectivity index (χ0) is 15.9. The summed E-state index contributed by atoms with van der Waals surface area (Å²) in [4.78, 5) is 24.9. The fourth-order valence-corrected chi connectivity index (χ4v) is 2.24. The summed E-state index contributed by atoms with van der Waals surface area (Å²) in [6.45, 7) is 3.15. The van der Waals surface area contributed by atoms with Crippen LogP contribution in [0.1, 0.15) is 25.3 Å². The number of carbonyl (C=O) groups is 2. The number of nitrogens with one attached hydrogen (secondary N) is 2. The Kier molecular flexibility index (Phi) is 6.07. The first-order valence-electron chi connectivity index (χ1n) is 7.59. The Labute approximate surface area is 136 Å². The summed E-state index contributed by atoms with van der Waals surface area (Å²) in [5.74, 6) is 0.0124. The van der Waals surface area contributed by atoms with Gasteiger partial charge in [-0.1, -0.05) is 23.7 Å². The van der Waals surface area contributed by atoms with Gasteiger partial charge in [0.2, 0.25) is 5.91 Å². The SMILES string of the molecule is CC(=O)N(CCNC(=O)NC1CC1)CCc1ccc(Cl)cc1. The molecule has 0 bridgehead atoms. The van der Waals surface area contributed by atoms with Gasteiger partial charge in [0.1, 0.15) is 0 Å². The van der Waals surface area contributed by atoms with E-state index in [9.17, 15) is 9.59 Å². The summed E-state index contributed by atoms with van der Waals surface area (Å²) in [5.41, 5.74) is 1.13. The molecule has 0 aliphatic heterocycles. The third-order valence-electron chi connectivity index (χ3n) is 3.61. The van der Waals surface area contributed by atoms with E-state index in [-0.39, 0.29) is 11.9 Å². The summed E-state index contributed by atoms with van der Waals surface area (Å²) < 4.78 is 0. The van der Waals surface area contributed by atoms with E-state index in [4.69, 9.17) is 11.6 Å². The molecule has 0 spiro atoms. The maximum Gasteiger partial charge on any atom is 0.315 e. The topological polar surface area (TPSA) is 61.4 Å². The van der Waals surface area contributed by atoms with Crippen LogP contribution in [0.3, 0.4) is 0 Å². The highest BCUT2D eigenvalue weighted by atomic mass is 35.5.